The number of carbonyl (C=O) groups is 1. The smallest absolute Gasteiger partial charge is 0.255 e. The Morgan fingerprint density at radius 1 is 1.26 bits per heavy atom. The summed E-state index contributed by atoms with van der Waals surface area (Å²) in [5, 5.41) is 12.7. The second-order valence-corrected chi connectivity index (χ2v) is 5.47. The first-order valence-electron chi connectivity index (χ1n) is 5.53. The van der Waals surface area contributed by atoms with Gasteiger partial charge in [-0.05, 0) is 48.9 Å². The molecule has 2 aromatic rings. The standard InChI is InChI=1S/C14H11BrClNO2/c1-8-4-12(2-3-13(8)18)17-14(19)9-5-10(15)7-11(16)6-9/h2-7,18H,1H3,(H,17,19). The lowest BCUT2D eigenvalue weighted by atomic mass is 10.1. The van der Waals surface area contributed by atoms with Crippen LogP contribution in [0.15, 0.2) is 40.9 Å². The fourth-order valence-corrected chi connectivity index (χ4v) is 2.48. The van der Waals surface area contributed by atoms with E-state index in [9.17, 15) is 9.90 Å². The van der Waals surface area contributed by atoms with Gasteiger partial charge >= 0.3 is 0 Å². The lowest BCUT2D eigenvalue weighted by molar-refractivity contribution is 0.102. The number of anilines is 1. The predicted octanol–water partition coefficient (Wildman–Crippen LogP) is 4.37. The summed E-state index contributed by atoms with van der Waals surface area (Å²) in [6, 6.07) is 9.87. The lowest BCUT2D eigenvalue weighted by Crippen LogP contribution is -2.11. The van der Waals surface area contributed by atoms with Crippen LogP contribution >= 0.6 is 27.5 Å². The molecule has 5 heteroatoms. The van der Waals surface area contributed by atoms with Gasteiger partial charge in [0.05, 0.1) is 0 Å². The highest BCUT2D eigenvalue weighted by Crippen LogP contribution is 2.23. The zero-order valence-electron chi connectivity index (χ0n) is 10.1. The normalized spacial score (nSPS) is 10.3. The summed E-state index contributed by atoms with van der Waals surface area (Å²) in [5.41, 5.74) is 1.78. The molecule has 0 aliphatic carbocycles. The van der Waals surface area contributed by atoms with Gasteiger partial charge in [0.2, 0.25) is 0 Å². The van der Waals surface area contributed by atoms with Crippen LogP contribution in [0.25, 0.3) is 0 Å². The Morgan fingerprint density at radius 3 is 2.63 bits per heavy atom. The van der Waals surface area contributed by atoms with E-state index in [2.05, 4.69) is 21.2 Å². The molecule has 0 atom stereocenters. The maximum absolute atomic E-state index is 12.1. The van der Waals surface area contributed by atoms with Crippen LogP contribution in [0.2, 0.25) is 5.02 Å². The molecule has 19 heavy (non-hydrogen) atoms. The number of hydrogen-bond donors (Lipinski definition) is 2. The van der Waals surface area contributed by atoms with Crippen LogP contribution < -0.4 is 5.32 Å². The maximum Gasteiger partial charge on any atom is 0.255 e. The van der Waals surface area contributed by atoms with Crippen molar-refractivity contribution in [1.82, 2.24) is 0 Å². The summed E-state index contributed by atoms with van der Waals surface area (Å²) in [7, 11) is 0. The molecule has 2 N–H and O–H groups in total. The zero-order chi connectivity index (χ0) is 14.0. The Morgan fingerprint density at radius 2 is 2.00 bits per heavy atom. The monoisotopic (exact) mass is 339 g/mol. The summed E-state index contributed by atoms with van der Waals surface area (Å²) >= 11 is 9.19. The molecule has 0 saturated carbocycles. The molecule has 2 rings (SSSR count). The van der Waals surface area contributed by atoms with Gasteiger partial charge in [-0.3, -0.25) is 4.79 Å². The van der Waals surface area contributed by atoms with Crippen LogP contribution in [-0.4, -0.2) is 11.0 Å². The Hall–Kier alpha value is -1.52. The average Bonchev–Trinajstić information content (AvgIpc) is 2.32. The van der Waals surface area contributed by atoms with Crippen LogP contribution in [0.5, 0.6) is 5.75 Å². The number of aryl methyl sites for hydroxylation is 1. The predicted molar refractivity (Wildman–Crippen MR) is 79.9 cm³/mol. The van der Waals surface area contributed by atoms with Crippen molar-refractivity contribution in [3.8, 4) is 5.75 Å². The van der Waals surface area contributed by atoms with E-state index in [1.54, 1.807) is 43.3 Å². The number of rotatable bonds is 2. The Labute approximate surface area is 124 Å². The summed E-state index contributed by atoms with van der Waals surface area (Å²) < 4.78 is 0.743. The number of phenolic OH excluding ortho intramolecular Hbond substituents is 1. The van der Waals surface area contributed by atoms with Gasteiger partial charge in [0.25, 0.3) is 5.91 Å². The van der Waals surface area contributed by atoms with Crippen molar-refractivity contribution in [3.63, 3.8) is 0 Å². The van der Waals surface area contributed by atoms with Gasteiger partial charge in [-0.2, -0.15) is 0 Å². The largest absolute Gasteiger partial charge is 0.508 e. The fraction of sp³-hybridized carbons (Fsp3) is 0.0714. The van der Waals surface area contributed by atoms with Gasteiger partial charge in [-0.25, -0.2) is 0 Å². The molecule has 0 aromatic heterocycles. The summed E-state index contributed by atoms with van der Waals surface area (Å²) in [4.78, 5) is 12.1. The van der Waals surface area contributed by atoms with Crippen LogP contribution in [0.4, 0.5) is 5.69 Å². The van der Waals surface area contributed by atoms with Crippen molar-refractivity contribution in [2.75, 3.05) is 5.32 Å². The first-order valence-corrected chi connectivity index (χ1v) is 6.70. The molecular formula is C14H11BrClNO2. The quantitative estimate of drug-likeness (QED) is 0.798. The highest BCUT2D eigenvalue weighted by molar-refractivity contribution is 9.10. The molecular weight excluding hydrogens is 330 g/mol. The summed E-state index contributed by atoms with van der Waals surface area (Å²) in [6.07, 6.45) is 0. The Bertz CT molecular complexity index is 623. The second kappa shape index (κ2) is 5.63. The van der Waals surface area contributed by atoms with Gasteiger partial charge in [0.1, 0.15) is 5.75 Å². The summed E-state index contributed by atoms with van der Waals surface area (Å²) in [5.74, 6) is -0.0585. The minimum atomic E-state index is -0.256. The topological polar surface area (TPSA) is 49.3 Å². The molecule has 3 nitrogen and oxygen atoms in total. The van der Waals surface area contributed by atoms with E-state index >= 15 is 0 Å². The van der Waals surface area contributed by atoms with Crippen LogP contribution in [-0.2, 0) is 0 Å². The van der Waals surface area contributed by atoms with Crippen LogP contribution in [0, 0.1) is 6.92 Å². The second-order valence-electron chi connectivity index (χ2n) is 4.11. The molecule has 0 fully saturated rings. The highest BCUT2D eigenvalue weighted by Gasteiger charge is 2.09. The minimum absolute atomic E-state index is 0.198. The molecule has 0 radical (unpaired) electrons. The zero-order valence-corrected chi connectivity index (χ0v) is 12.4. The number of phenols is 1. The third kappa shape index (κ3) is 3.49. The van der Waals surface area contributed by atoms with E-state index in [-0.39, 0.29) is 11.7 Å². The average molecular weight is 341 g/mol. The van der Waals surface area contributed by atoms with Gasteiger partial charge in [0.15, 0.2) is 0 Å². The molecule has 0 saturated heterocycles. The third-order valence-electron chi connectivity index (χ3n) is 2.58. The van der Waals surface area contributed by atoms with Crippen molar-refractivity contribution in [2.45, 2.75) is 6.92 Å². The first-order chi connectivity index (χ1) is 8.95. The number of amides is 1. The van der Waals surface area contributed by atoms with E-state index < -0.39 is 0 Å². The van der Waals surface area contributed by atoms with Gasteiger partial charge in [0, 0.05) is 20.7 Å². The van der Waals surface area contributed by atoms with Crippen molar-refractivity contribution >= 4 is 39.1 Å². The molecule has 0 heterocycles. The van der Waals surface area contributed by atoms with E-state index in [1.807, 2.05) is 0 Å². The van der Waals surface area contributed by atoms with E-state index in [0.29, 0.717) is 21.8 Å². The molecule has 1 amide bonds. The van der Waals surface area contributed by atoms with Crippen LogP contribution in [0.1, 0.15) is 15.9 Å². The molecule has 0 bridgehead atoms. The van der Waals surface area contributed by atoms with Crippen molar-refractivity contribution in [1.29, 1.82) is 0 Å². The van der Waals surface area contributed by atoms with Gasteiger partial charge < -0.3 is 10.4 Å². The molecule has 2 aromatic carbocycles. The highest BCUT2D eigenvalue weighted by atomic mass is 79.9. The SMILES string of the molecule is Cc1cc(NC(=O)c2cc(Cl)cc(Br)c2)ccc1O. The number of benzene rings is 2. The number of nitrogens with one attached hydrogen (secondary N) is 1. The molecule has 0 aliphatic rings. The number of hydrogen-bond acceptors (Lipinski definition) is 2. The molecule has 0 unspecified atom stereocenters. The maximum atomic E-state index is 12.1. The van der Waals surface area contributed by atoms with Crippen molar-refractivity contribution in [2.24, 2.45) is 0 Å². The molecule has 98 valence electrons. The number of halogens is 2. The van der Waals surface area contributed by atoms with E-state index in [4.69, 9.17) is 11.6 Å². The molecule has 0 aliphatic heterocycles. The van der Waals surface area contributed by atoms with Crippen molar-refractivity contribution in [3.05, 3.63) is 57.0 Å². The van der Waals surface area contributed by atoms with E-state index in [1.165, 1.54) is 0 Å². The van der Waals surface area contributed by atoms with Gasteiger partial charge in [-0.1, -0.05) is 27.5 Å². The Balaban J connectivity index is 2.22. The minimum Gasteiger partial charge on any atom is -0.508 e. The van der Waals surface area contributed by atoms with E-state index in [0.717, 1.165) is 4.47 Å². The first kappa shape index (κ1) is 13.9. The van der Waals surface area contributed by atoms with Gasteiger partial charge in [-0.15, -0.1) is 0 Å². The lowest BCUT2D eigenvalue weighted by Gasteiger charge is -2.08. The summed E-state index contributed by atoms with van der Waals surface area (Å²) in [6.45, 7) is 1.76. The third-order valence-corrected chi connectivity index (χ3v) is 3.26. The number of aromatic hydroxyl groups is 1. The van der Waals surface area contributed by atoms with Crippen LogP contribution in [0.3, 0.4) is 0 Å². The fourth-order valence-electron chi connectivity index (χ4n) is 1.62. The molecule has 0 spiro atoms. The Kier molecular flexibility index (Phi) is 4.12. The number of carbonyl (C=O) groups excluding carboxylic acids is 1. The van der Waals surface area contributed by atoms with Crippen molar-refractivity contribution < 1.29 is 9.90 Å².